The highest BCUT2D eigenvalue weighted by molar-refractivity contribution is 14.1. The Morgan fingerprint density at radius 3 is 1.78 bits per heavy atom. The maximum atomic E-state index is 11.3. The number of aliphatic carboxylic acids is 2. The van der Waals surface area contributed by atoms with Crippen LogP contribution >= 0.6 is 45.2 Å². The Morgan fingerprint density at radius 1 is 1.06 bits per heavy atom. The molecular weight excluding hydrogens is 462 g/mol. The van der Waals surface area contributed by atoms with E-state index in [0.717, 1.165) is 0 Å². The van der Waals surface area contributed by atoms with Gasteiger partial charge in [-0.1, -0.05) is 36.4 Å². The molecule has 0 bridgehead atoms. The molecule has 0 radical (unpaired) electrons. The summed E-state index contributed by atoms with van der Waals surface area (Å²) in [6.45, 7) is 6.72. The van der Waals surface area contributed by atoms with Crippen molar-refractivity contribution in [2.75, 3.05) is 0 Å². The zero-order valence-electron chi connectivity index (χ0n) is 10.4. The summed E-state index contributed by atoms with van der Waals surface area (Å²) in [5, 5.41) is 22.7. The minimum Gasteiger partial charge on any atom is -0.545 e. The Balaban J connectivity index is 3.77. The van der Waals surface area contributed by atoms with E-state index < -0.39 is 20.8 Å². The summed E-state index contributed by atoms with van der Waals surface area (Å²) >= 11 is 3.83. The smallest absolute Gasteiger partial charge is 0.0691 e. The van der Waals surface area contributed by atoms with Crippen molar-refractivity contribution in [1.82, 2.24) is 0 Å². The molecule has 0 spiro atoms. The molecule has 0 heterocycles. The lowest BCUT2D eigenvalue weighted by molar-refractivity contribution is -0.303. The molecule has 1 rings (SSSR count). The fraction of sp³-hybridized carbons (Fsp3) is 0.500. The zero-order valence-corrected chi connectivity index (χ0v) is 14.7. The van der Waals surface area contributed by atoms with Gasteiger partial charge in [-0.15, -0.1) is 0 Å². The van der Waals surface area contributed by atoms with E-state index in [1.54, 1.807) is 27.7 Å². The van der Waals surface area contributed by atoms with Crippen LogP contribution in [0.1, 0.15) is 27.7 Å². The van der Waals surface area contributed by atoms with Crippen LogP contribution in [-0.2, 0) is 9.59 Å². The molecule has 0 saturated carbocycles. The number of carbonyl (C=O) groups excluding carboxylic acids is 2. The second-order valence-corrected chi connectivity index (χ2v) is 8.13. The molecule has 4 nitrogen and oxygen atoms in total. The van der Waals surface area contributed by atoms with Gasteiger partial charge in [0.05, 0.1) is 15.4 Å². The first-order valence-electron chi connectivity index (χ1n) is 5.19. The van der Waals surface area contributed by atoms with Gasteiger partial charge in [0, 0.05) is 8.99 Å². The standard InChI is InChI=1S/C12H14I2O4/c1-5-6(9(15)16)12(4,14)11(2,3)7(8(5)13)10(17)18/h1-4H3,(H,15,16)(H,17,18)/p-2. The summed E-state index contributed by atoms with van der Waals surface area (Å²) in [6.07, 6.45) is 0. The van der Waals surface area contributed by atoms with Crippen LogP contribution in [0.5, 0.6) is 0 Å². The van der Waals surface area contributed by atoms with Crippen LogP contribution in [0.15, 0.2) is 20.3 Å². The van der Waals surface area contributed by atoms with Gasteiger partial charge in [-0.25, -0.2) is 0 Å². The predicted molar refractivity (Wildman–Crippen MR) is 80.0 cm³/mol. The van der Waals surface area contributed by atoms with Crippen molar-refractivity contribution >= 4 is 57.1 Å². The van der Waals surface area contributed by atoms with Crippen molar-refractivity contribution in [3.05, 3.63) is 20.3 Å². The summed E-state index contributed by atoms with van der Waals surface area (Å²) < 4.78 is -0.455. The van der Waals surface area contributed by atoms with Crippen LogP contribution in [0.2, 0.25) is 0 Å². The van der Waals surface area contributed by atoms with Gasteiger partial charge in [0.15, 0.2) is 0 Å². The predicted octanol–water partition coefficient (Wildman–Crippen LogP) is 0.725. The largest absolute Gasteiger partial charge is 0.545 e. The molecule has 1 aliphatic rings. The lowest BCUT2D eigenvalue weighted by Gasteiger charge is -2.48. The Bertz CT molecular complexity index is 452. The minimum atomic E-state index is -1.26. The second-order valence-electron chi connectivity index (χ2n) is 4.89. The average Bonchev–Trinajstić information content (AvgIpc) is 2.13. The fourth-order valence-corrected chi connectivity index (χ4v) is 4.22. The zero-order chi connectivity index (χ0) is 14.5. The topological polar surface area (TPSA) is 80.3 Å². The molecule has 0 saturated heterocycles. The summed E-state index contributed by atoms with van der Waals surface area (Å²) in [5.41, 5.74) is -0.145. The van der Waals surface area contributed by atoms with Crippen molar-refractivity contribution < 1.29 is 19.8 Å². The molecule has 6 heteroatoms. The monoisotopic (exact) mass is 474 g/mol. The van der Waals surface area contributed by atoms with Crippen molar-refractivity contribution in [3.8, 4) is 0 Å². The van der Waals surface area contributed by atoms with E-state index in [0.29, 0.717) is 9.15 Å². The van der Waals surface area contributed by atoms with E-state index in [4.69, 9.17) is 0 Å². The second kappa shape index (κ2) is 4.77. The van der Waals surface area contributed by atoms with Crippen molar-refractivity contribution in [2.24, 2.45) is 5.41 Å². The number of carbonyl (C=O) groups is 2. The molecule has 0 aliphatic heterocycles. The molecule has 0 aromatic carbocycles. The third-order valence-electron chi connectivity index (χ3n) is 3.60. The van der Waals surface area contributed by atoms with Gasteiger partial charge in [0.25, 0.3) is 0 Å². The van der Waals surface area contributed by atoms with Crippen molar-refractivity contribution in [3.63, 3.8) is 0 Å². The molecule has 100 valence electrons. The summed E-state index contributed by atoms with van der Waals surface area (Å²) in [5.74, 6) is -2.52. The van der Waals surface area contributed by atoms with Crippen LogP contribution in [0, 0.1) is 5.41 Å². The number of carboxylic acid groups (broad SMARTS) is 2. The van der Waals surface area contributed by atoms with E-state index in [1.165, 1.54) is 0 Å². The number of rotatable bonds is 2. The first-order chi connectivity index (χ1) is 7.96. The average molecular weight is 474 g/mol. The Morgan fingerprint density at radius 2 is 1.44 bits per heavy atom. The number of hydrogen-bond donors (Lipinski definition) is 0. The fourth-order valence-electron chi connectivity index (χ4n) is 2.16. The van der Waals surface area contributed by atoms with E-state index >= 15 is 0 Å². The lowest BCUT2D eigenvalue weighted by Crippen LogP contribution is -2.51. The van der Waals surface area contributed by atoms with Crippen molar-refractivity contribution in [2.45, 2.75) is 31.1 Å². The van der Waals surface area contributed by atoms with Crippen LogP contribution in [-0.4, -0.2) is 15.4 Å². The molecule has 1 aliphatic carbocycles. The van der Waals surface area contributed by atoms with Crippen LogP contribution in [0.3, 0.4) is 0 Å². The molecule has 0 fully saturated rings. The van der Waals surface area contributed by atoms with Gasteiger partial charge in [-0.05, 0) is 53.2 Å². The third-order valence-corrected chi connectivity index (χ3v) is 6.84. The van der Waals surface area contributed by atoms with Gasteiger partial charge in [-0.2, -0.15) is 0 Å². The summed E-state index contributed by atoms with van der Waals surface area (Å²) in [6, 6.07) is 0. The Kier molecular flexibility index (Phi) is 4.22. The SMILES string of the molecule is CC1=C(C(=O)[O-])C(C)(I)C(C)(C)C(C(=O)[O-])=C1I. The maximum Gasteiger partial charge on any atom is 0.0691 e. The van der Waals surface area contributed by atoms with Gasteiger partial charge >= 0.3 is 0 Å². The van der Waals surface area contributed by atoms with Crippen LogP contribution in [0.25, 0.3) is 0 Å². The molecule has 0 N–H and O–H groups in total. The summed E-state index contributed by atoms with van der Waals surface area (Å²) in [7, 11) is 0. The van der Waals surface area contributed by atoms with Gasteiger partial charge in [0.1, 0.15) is 0 Å². The highest BCUT2D eigenvalue weighted by Gasteiger charge is 2.49. The van der Waals surface area contributed by atoms with E-state index in [9.17, 15) is 19.8 Å². The molecule has 0 aromatic heterocycles. The van der Waals surface area contributed by atoms with Crippen LogP contribution < -0.4 is 10.2 Å². The third kappa shape index (κ3) is 2.10. The lowest BCUT2D eigenvalue weighted by atomic mass is 9.66. The first kappa shape index (κ1) is 15.9. The molecule has 1 atom stereocenters. The molecule has 1 unspecified atom stereocenters. The molecule has 18 heavy (non-hydrogen) atoms. The number of carboxylic acids is 2. The number of hydrogen-bond acceptors (Lipinski definition) is 4. The van der Waals surface area contributed by atoms with E-state index in [-0.39, 0.29) is 11.1 Å². The highest BCUT2D eigenvalue weighted by Crippen LogP contribution is 2.55. The van der Waals surface area contributed by atoms with E-state index in [2.05, 4.69) is 0 Å². The molecular formula is C12H12I2O4-2. The normalized spacial score (nSPS) is 27.4. The van der Waals surface area contributed by atoms with Gasteiger partial charge < -0.3 is 19.8 Å². The number of alkyl halides is 1. The quantitative estimate of drug-likeness (QED) is 0.437. The molecule has 0 aromatic rings. The Hall–Kier alpha value is -0.120. The Labute approximate surface area is 133 Å². The maximum absolute atomic E-state index is 11.3. The first-order valence-corrected chi connectivity index (χ1v) is 7.35. The summed E-state index contributed by atoms with van der Waals surface area (Å²) in [4.78, 5) is 22.7. The number of allylic oxidation sites excluding steroid dienone is 2. The van der Waals surface area contributed by atoms with E-state index in [1.807, 2.05) is 45.2 Å². The van der Waals surface area contributed by atoms with Crippen LogP contribution in [0.4, 0.5) is 0 Å². The van der Waals surface area contributed by atoms with Crippen molar-refractivity contribution in [1.29, 1.82) is 0 Å². The highest BCUT2D eigenvalue weighted by atomic mass is 127. The van der Waals surface area contributed by atoms with Gasteiger partial charge in [0.2, 0.25) is 0 Å². The van der Waals surface area contributed by atoms with Gasteiger partial charge in [-0.3, -0.25) is 0 Å². The number of halogens is 2. The molecule has 0 amide bonds. The minimum absolute atomic E-state index is 0.141.